The van der Waals surface area contributed by atoms with E-state index < -0.39 is 23.2 Å². The van der Waals surface area contributed by atoms with Crippen LogP contribution in [0.1, 0.15) is 37.8 Å². The maximum Gasteiger partial charge on any atom is 0.316 e. The van der Waals surface area contributed by atoms with Crippen LogP contribution in [0.2, 0.25) is 0 Å². The highest BCUT2D eigenvalue weighted by atomic mass is 32.1. The highest BCUT2D eigenvalue weighted by molar-refractivity contribution is 7.15. The van der Waals surface area contributed by atoms with Gasteiger partial charge in [0.1, 0.15) is 5.92 Å². The first-order chi connectivity index (χ1) is 8.79. The fourth-order valence-electron chi connectivity index (χ4n) is 2.30. The number of nitrogens with zero attached hydrogens (tertiary/aromatic N) is 1. The molecule has 5 nitrogen and oxygen atoms in total. The Balaban J connectivity index is 2.12. The number of carbonyl (C=O) groups is 2. The number of thiazole rings is 1. The van der Waals surface area contributed by atoms with E-state index in [1.807, 2.05) is 0 Å². The molecular formula is C13H18N2O3S. The molecule has 0 saturated heterocycles. The number of aryl methyl sites for hydroxylation is 2. The molecule has 1 heterocycles. The maximum absolute atomic E-state index is 12.1. The molecule has 0 radical (unpaired) electrons. The Morgan fingerprint density at radius 3 is 2.58 bits per heavy atom. The molecule has 2 N–H and O–H groups in total. The van der Waals surface area contributed by atoms with E-state index in [0.29, 0.717) is 5.13 Å². The zero-order valence-electron chi connectivity index (χ0n) is 11.3. The standard InChI is InChI=1S/C13H18N2O3S/c1-13(2,3)9(11(17)18)10(16)15-12-14-7-5-4-6-8(7)19-12/h9H,4-6H2,1-3H3,(H,17,18)(H,14,15,16). The summed E-state index contributed by atoms with van der Waals surface area (Å²) in [5, 5.41) is 12.4. The Morgan fingerprint density at radius 2 is 2.05 bits per heavy atom. The van der Waals surface area contributed by atoms with E-state index in [9.17, 15) is 14.7 Å². The van der Waals surface area contributed by atoms with Gasteiger partial charge in [0.2, 0.25) is 5.91 Å². The quantitative estimate of drug-likeness (QED) is 0.834. The van der Waals surface area contributed by atoms with E-state index in [-0.39, 0.29) is 0 Å². The zero-order chi connectivity index (χ0) is 14.2. The van der Waals surface area contributed by atoms with Gasteiger partial charge in [-0.05, 0) is 24.7 Å². The average Bonchev–Trinajstić information content (AvgIpc) is 2.73. The molecular weight excluding hydrogens is 264 g/mol. The number of aliphatic carboxylic acids is 1. The van der Waals surface area contributed by atoms with Gasteiger partial charge in [-0.15, -0.1) is 11.3 Å². The molecule has 6 heteroatoms. The minimum Gasteiger partial charge on any atom is -0.481 e. The number of rotatable bonds is 3. The summed E-state index contributed by atoms with van der Waals surface area (Å²) in [6.07, 6.45) is 3.07. The van der Waals surface area contributed by atoms with Gasteiger partial charge in [0.05, 0.1) is 5.69 Å². The van der Waals surface area contributed by atoms with Gasteiger partial charge < -0.3 is 10.4 Å². The highest BCUT2D eigenvalue weighted by Crippen LogP contribution is 2.32. The largest absolute Gasteiger partial charge is 0.481 e. The Bertz CT molecular complexity index is 495. The fourth-order valence-corrected chi connectivity index (χ4v) is 3.35. The Kier molecular flexibility index (Phi) is 3.62. The van der Waals surface area contributed by atoms with Crippen LogP contribution in [0.15, 0.2) is 0 Å². The molecule has 1 aliphatic carbocycles. The second-order valence-corrected chi connectivity index (χ2v) is 6.95. The normalized spacial score (nSPS) is 15.9. The Morgan fingerprint density at radius 1 is 1.37 bits per heavy atom. The molecule has 1 aromatic rings. The van der Waals surface area contributed by atoms with E-state index >= 15 is 0 Å². The van der Waals surface area contributed by atoms with Crippen molar-refractivity contribution in [1.29, 1.82) is 0 Å². The molecule has 0 spiro atoms. The summed E-state index contributed by atoms with van der Waals surface area (Å²) in [5.74, 6) is -2.67. The van der Waals surface area contributed by atoms with Crippen LogP contribution in [0.4, 0.5) is 5.13 Å². The number of nitrogens with one attached hydrogen (secondary N) is 1. The SMILES string of the molecule is CC(C)(C)C(C(=O)O)C(=O)Nc1nc2c(s1)CCC2. The van der Waals surface area contributed by atoms with Crippen molar-refractivity contribution < 1.29 is 14.7 Å². The lowest BCUT2D eigenvalue weighted by atomic mass is 9.80. The third-order valence-corrected chi connectivity index (χ3v) is 4.27. The van der Waals surface area contributed by atoms with E-state index in [1.165, 1.54) is 16.2 Å². The molecule has 2 rings (SSSR count). The smallest absolute Gasteiger partial charge is 0.316 e. The zero-order valence-corrected chi connectivity index (χ0v) is 12.1. The molecule has 19 heavy (non-hydrogen) atoms. The lowest BCUT2D eigenvalue weighted by Crippen LogP contribution is -2.39. The summed E-state index contributed by atoms with van der Waals surface area (Å²) < 4.78 is 0. The topological polar surface area (TPSA) is 79.3 Å². The minimum atomic E-state index is -1.10. The van der Waals surface area contributed by atoms with Crippen molar-refractivity contribution in [2.75, 3.05) is 5.32 Å². The summed E-state index contributed by atoms with van der Waals surface area (Å²) >= 11 is 1.45. The van der Waals surface area contributed by atoms with Crippen molar-refractivity contribution in [3.05, 3.63) is 10.6 Å². The van der Waals surface area contributed by atoms with Gasteiger partial charge in [0.15, 0.2) is 5.13 Å². The lowest BCUT2D eigenvalue weighted by Gasteiger charge is -2.25. The summed E-state index contributed by atoms with van der Waals surface area (Å²) in [6.45, 7) is 5.23. The molecule has 1 unspecified atom stereocenters. The summed E-state index contributed by atoms with van der Waals surface area (Å²) in [7, 11) is 0. The number of carboxylic acid groups (broad SMARTS) is 1. The molecule has 1 amide bonds. The van der Waals surface area contributed by atoms with E-state index in [1.54, 1.807) is 20.8 Å². The van der Waals surface area contributed by atoms with Crippen LogP contribution in [-0.2, 0) is 22.4 Å². The van der Waals surface area contributed by atoms with Crippen LogP contribution in [-0.4, -0.2) is 22.0 Å². The summed E-state index contributed by atoms with van der Waals surface area (Å²) in [6, 6.07) is 0. The van der Waals surface area contributed by atoms with Crippen LogP contribution >= 0.6 is 11.3 Å². The van der Waals surface area contributed by atoms with Gasteiger partial charge >= 0.3 is 5.97 Å². The number of hydrogen-bond acceptors (Lipinski definition) is 4. The van der Waals surface area contributed by atoms with Crippen LogP contribution in [0.5, 0.6) is 0 Å². The number of aromatic nitrogens is 1. The van der Waals surface area contributed by atoms with Crippen LogP contribution in [0, 0.1) is 11.3 Å². The number of carbonyl (C=O) groups excluding carboxylic acids is 1. The van der Waals surface area contributed by atoms with Gasteiger partial charge in [-0.25, -0.2) is 4.98 Å². The first-order valence-electron chi connectivity index (χ1n) is 6.31. The average molecular weight is 282 g/mol. The lowest BCUT2D eigenvalue weighted by molar-refractivity contribution is -0.149. The third-order valence-electron chi connectivity index (χ3n) is 3.20. The van der Waals surface area contributed by atoms with Crippen molar-refractivity contribution in [2.45, 2.75) is 40.0 Å². The molecule has 0 bridgehead atoms. The van der Waals surface area contributed by atoms with Crippen molar-refractivity contribution in [3.63, 3.8) is 0 Å². The number of anilines is 1. The van der Waals surface area contributed by atoms with E-state index in [4.69, 9.17) is 0 Å². The van der Waals surface area contributed by atoms with Gasteiger partial charge in [-0.2, -0.15) is 0 Å². The molecule has 0 aliphatic heterocycles. The second-order valence-electron chi connectivity index (χ2n) is 5.87. The van der Waals surface area contributed by atoms with Crippen LogP contribution in [0.25, 0.3) is 0 Å². The number of amides is 1. The number of fused-ring (bicyclic) bond motifs is 1. The second kappa shape index (κ2) is 4.92. The molecule has 0 aromatic carbocycles. The predicted molar refractivity (Wildman–Crippen MR) is 73.3 cm³/mol. The monoisotopic (exact) mass is 282 g/mol. The first-order valence-corrected chi connectivity index (χ1v) is 7.13. The molecule has 0 fully saturated rings. The van der Waals surface area contributed by atoms with E-state index in [0.717, 1.165) is 25.0 Å². The van der Waals surface area contributed by atoms with E-state index in [2.05, 4.69) is 10.3 Å². The minimum absolute atomic E-state index is 0.493. The molecule has 104 valence electrons. The van der Waals surface area contributed by atoms with Crippen LogP contribution < -0.4 is 5.32 Å². The maximum atomic E-state index is 12.1. The van der Waals surface area contributed by atoms with Crippen molar-refractivity contribution >= 4 is 28.3 Å². The summed E-state index contributed by atoms with van der Waals surface area (Å²) in [5.41, 5.74) is 0.415. The highest BCUT2D eigenvalue weighted by Gasteiger charge is 2.38. The number of carboxylic acids is 1. The predicted octanol–water partition coefficient (Wildman–Crippen LogP) is 2.32. The Hall–Kier alpha value is -1.43. The summed E-state index contributed by atoms with van der Waals surface area (Å²) in [4.78, 5) is 28.9. The third kappa shape index (κ3) is 2.94. The molecule has 1 aliphatic rings. The van der Waals surface area contributed by atoms with Gasteiger partial charge in [-0.3, -0.25) is 9.59 Å². The molecule has 1 aromatic heterocycles. The fraction of sp³-hybridized carbons (Fsp3) is 0.615. The van der Waals surface area contributed by atoms with Crippen LogP contribution in [0.3, 0.4) is 0 Å². The van der Waals surface area contributed by atoms with Gasteiger partial charge in [0, 0.05) is 4.88 Å². The van der Waals surface area contributed by atoms with Crippen molar-refractivity contribution in [2.24, 2.45) is 11.3 Å². The van der Waals surface area contributed by atoms with Crippen molar-refractivity contribution in [3.8, 4) is 0 Å². The number of hydrogen-bond donors (Lipinski definition) is 2. The molecule has 0 saturated carbocycles. The first kappa shape index (κ1) is 14.0. The van der Waals surface area contributed by atoms with Crippen molar-refractivity contribution in [1.82, 2.24) is 4.98 Å². The van der Waals surface area contributed by atoms with Gasteiger partial charge in [-0.1, -0.05) is 20.8 Å². The Labute approximate surface area is 116 Å². The van der Waals surface area contributed by atoms with Gasteiger partial charge in [0.25, 0.3) is 0 Å². The molecule has 1 atom stereocenters.